The number of hydrogen-bond donors (Lipinski definition) is 2. The third-order valence-corrected chi connectivity index (χ3v) is 4.83. The molecule has 0 aliphatic heterocycles. The highest BCUT2D eigenvalue weighted by Gasteiger charge is 2.33. The molecule has 0 saturated heterocycles. The lowest BCUT2D eigenvalue weighted by molar-refractivity contribution is -0.139. The van der Waals surface area contributed by atoms with Crippen LogP contribution in [0.3, 0.4) is 0 Å². The topological polar surface area (TPSA) is 87.7 Å². The van der Waals surface area contributed by atoms with Crippen LogP contribution in [0.4, 0.5) is 0 Å². The van der Waals surface area contributed by atoms with Crippen molar-refractivity contribution >= 4 is 17.6 Å². The first-order valence-corrected chi connectivity index (χ1v) is 10.2. The van der Waals surface area contributed by atoms with Gasteiger partial charge in [-0.15, -0.1) is 0 Å². The molecule has 0 spiro atoms. The molecule has 2 amide bonds. The highest BCUT2D eigenvalue weighted by atomic mass is 16.5. The molecule has 2 N–H and O–H groups in total. The van der Waals surface area contributed by atoms with E-state index in [1.165, 1.54) is 13.3 Å². The van der Waals surface area contributed by atoms with E-state index in [0.717, 1.165) is 6.42 Å². The van der Waals surface area contributed by atoms with Crippen molar-refractivity contribution in [3.8, 4) is 0 Å². The number of Topliss-reactive ketones (excluding diaryl/α,β-unsaturated/α-hetero) is 1. The lowest BCUT2D eigenvalue weighted by Gasteiger charge is -2.37. The second kappa shape index (κ2) is 14.5. The van der Waals surface area contributed by atoms with Crippen LogP contribution in [0.1, 0.15) is 67.7 Å². The van der Waals surface area contributed by atoms with E-state index in [1.54, 1.807) is 40.0 Å². The largest absolute Gasteiger partial charge is 0.379 e. The Hall–Kier alpha value is -1.47. The summed E-state index contributed by atoms with van der Waals surface area (Å²) in [6, 6.07) is -0.236. The van der Waals surface area contributed by atoms with E-state index >= 15 is 0 Å². The Bertz CT molecular complexity index is 480. The normalized spacial score (nSPS) is 14.2. The highest BCUT2D eigenvalue weighted by Crippen LogP contribution is 2.21. The summed E-state index contributed by atoms with van der Waals surface area (Å²) in [5, 5.41) is 5.56. The number of nitrogens with one attached hydrogen (secondary N) is 2. The molecule has 28 heavy (non-hydrogen) atoms. The second-order valence-corrected chi connectivity index (χ2v) is 7.83. The predicted molar refractivity (Wildman–Crippen MR) is 114 cm³/mol. The molecule has 0 aromatic carbocycles. The van der Waals surface area contributed by atoms with Gasteiger partial charge in [-0.2, -0.15) is 0 Å². The van der Waals surface area contributed by atoms with Crippen molar-refractivity contribution in [3.05, 3.63) is 0 Å². The van der Waals surface area contributed by atoms with Gasteiger partial charge in [0.25, 0.3) is 0 Å². The van der Waals surface area contributed by atoms with E-state index < -0.39 is 5.54 Å². The minimum absolute atomic E-state index is 0.0186. The zero-order valence-corrected chi connectivity index (χ0v) is 19.6. The van der Waals surface area contributed by atoms with E-state index in [0.29, 0.717) is 0 Å². The monoisotopic (exact) mass is 401 g/mol. The molecule has 0 aromatic rings. The van der Waals surface area contributed by atoms with Crippen LogP contribution in [-0.2, 0) is 19.1 Å². The molecule has 0 saturated carbocycles. The summed E-state index contributed by atoms with van der Waals surface area (Å²) >= 11 is 0. The summed E-state index contributed by atoms with van der Waals surface area (Å²) in [5.41, 5.74) is -0.751. The fraction of sp³-hybridized carbons (Fsp3) is 0.857. The number of rotatable bonds is 11. The quantitative estimate of drug-likeness (QED) is 0.555. The van der Waals surface area contributed by atoms with Crippen LogP contribution >= 0.6 is 0 Å². The molecular formula is C21H43N3O4. The molecule has 0 bridgehead atoms. The van der Waals surface area contributed by atoms with Crippen LogP contribution in [0.25, 0.3) is 0 Å². The summed E-state index contributed by atoms with van der Waals surface area (Å²) in [7, 11) is 4.94. The molecule has 0 radical (unpaired) electrons. The number of ketones is 1. The molecule has 0 aliphatic carbocycles. The number of methoxy groups -OCH3 is 1. The molecule has 7 heteroatoms. The third-order valence-electron chi connectivity index (χ3n) is 4.83. The van der Waals surface area contributed by atoms with Gasteiger partial charge in [0.15, 0.2) is 0 Å². The van der Waals surface area contributed by atoms with Crippen molar-refractivity contribution in [2.24, 2.45) is 5.92 Å². The Kier molecular flexibility index (Phi) is 14.9. The summed E-state index contributed by atoms with van der Waals surface area (Å²) in [6.07, 6.45) is 1.98. The minimum atomic E-state index is -0.751. The van der Waals surface area contributed by atoms with Crippen LogP contribution in [0.2, 0.25) is 0 Å². The smallest absolute Gasteiger partial charge is 0.242 e. The van der Waals surface area contributed by atoms with Crippen molar-refractivity contribution in [2.45, 2.75) is 85.4 Å². The van der Waals surface area contributed by atoms with E-state index in [4.69, 9.17) is 4.74 Å². The maximum Gasteiger partial charge on any atom is 0.242 e. The van der Waals surface area contributed by atoms with Crippen LogP contribution in [-0.4, -0.2) is 67.9 Å². The van der Waals surface area contributed by atoms with Gasteiger partial charge in [-0.3, -0.25) is 14.4 Å². The number of hydrogen-bond acceptors (Lipinski definition) is 5. The minimum Gasteiger partial charge on any atom is -0.379 e. The SMILES string of the molecule is CCC.CCC(C)C(C(CC(C)=O)OC)N(C)C(=O)CNC(=O)C(C)(C)NC. The molecule has 0 rings (SSSR count). The van der Waals surface area contributed by atoms with Crippen LogP contribution in [0.15, 0.2) is 0 Å². The molecular weight excluding hydrogens is 358 g/mol. The van der Waals surface area contributed by atoms with Gasteiger partial charge in [0.2, 0.25) is 11.8 Å². The van der Waals surface area contributed by atoms with Crippen molar-refractivity contribution < 1.29 is 19.1 Å². The van der Waals surface area contributed by atoms with Gasteiger partial charge >= 0.3 is 0 Å². The van der Waals surface area contributed by atoms with E-state index in [1.807, 2.05) is 13.8 Å². The van der Waals surface area contributed by atoms with E-state index in [2.05, 4.69) is 24.5 Å². The zero-order valence-electron chi connectivity index (χ0n) is 19.6. The molecule has 0 heterocycles. The Morgan fingerprint density at radius 2 is 1.64 bits per heavy atom. The van der Waals surface area contributed by atoms with Gasteiger partial charge in [-0.1, -0.05) is 40.5 Å². The lowest BCUT2D eigenvalue weighted by Crippen LogP contribution is -2.55. The average molecular weight is 402 g/mol. The number of ether oxygens (including phenoxy) is 1. The van der Waals surface area contributed by atoms with Gasteiger partial charge in [0.1, 0.15) is 5.78 Å². The zero-order chi connectivity index (χ0) is 22.5. The number of nitrogens with zero attached hydrogens (tertiary/aromatic N) is 1. The first-order valence-electron chi connectivity index (χ1n) is 10.2. The number of carbonyl (C=O) groups is 3. The number of likely N-dealkylation sites (N-methyl/N-ethyl adjacent to an activating group) is 2. The fourth-order valence-electron chi connectivity index (χ4n) is 2.65. The third kappa shape index (κ3) is 10.2. The molecule has 0 aromatic heterocycles. The van der Waals surface area contributed by atoms with Gasteiger partial charge in [0, 0.05) is 20.6 Å². The van der Waals surface area contributed by atoms with Gasteiger partial charge in [-0.05, 0) is 33.7 Å². The van der Waals surface area contributed by atoms with Crippen LogP contribution in [0.5, 0.6) is 0 Å². The van der Waals surface area contributed by atoms with Crippen LogP contribution < -0.4 is 10.6 Å². The Balaban J connectivity index is 0. The number of amides is 2. The first-order chi connectivity index (χ1) is 12.9. The van der Waals surface area contributed by atoms with E-state index in [9.17, 15) is 14.4 Å². The van der Waals surface area contributed by atoms with Gasteiger partial charge in [-0.25, -0.2) is 0 Å². The van der Waals surface area contributed by atoms with Crippen molar-refractivity contribution in [2.75, 3.05) is 27.7 Å². The molecule has 3 unspecified atom stereocenters. The molecule has 7 nitrogen and oxygen atoms in total. The van der Waals surface area contributed by atoms with Gasteiger partial charge in [0.05, 0.1) is 24.2 Å². The second-order valence-electron chi connectivity index (χ2n) is 7.83. The van der Waals surface area contributed by atoms with Crippen LogP contribution in [0, 0.1) is 5.92 Å². The predicted octanol–water partition coefficient (Wildman–Crippen LogP) is 2.38. The van der Waals surface area contributed by atoms with Crippen molar-refractivity contribution in [3.63, 3.8) is 0 Å². The maximum absolute atomic E-state index is 12.6. The summed E-state index contributed by atoms with van der Waals surface area (Å²) in [6.45, 7) is 13.2. The maximum atomic E-state index is 12.6. The van der Waals surface area contributed by atoms with E-state index in [-0.39, 0.29) is 48.6 Å². The average Bonchev–Trinajstić information content (AvgIpc) is 2.64. The van der Waals surface area contributed by atoms with Crippen molar-refractivity contribution in [1.29, 1.82) is 0 Å². The standard InChI is InChI=1S/C18H35N3O4.C3H8/c1-9-12(2)16(14(25-8)10-13(3)22)21(7)15(23)11-20-17(24)18(4,5)19-6;1-3-2/h12,14,16,19H,9-11H2,1-8H3,(H,20,24);3H2,1-2H3. The summed E-state index contributed by atoms with van der Waals surface area (Å²) in [4.78, 5) is 37.8. The fourth-order valence-corrected chi connectivity index (χ4v) is 2.65. The van der Waals surface area contributed by atoms with Crippen molar-refractivity contribution in [1.82, 2.24) is 15.5 Å². The first kappa shape index (κ1) is 28.7. The lowest BCUT2D eigenvalue weighted by atomic mass is 9.90. The number of carbonyl (C=O) groups excluding carboxylic acids is 3. The Morgan fingerprint density at radius 3 is 2.00 bits per heavy atom. The molecule has 0 fully saturated rings. The molecule has 166 valence electrons. The summed E-state index contributed by atoms with van der Waals surface area (Å²) < 4.78 is 5.50. The van der Waals surface area contributed by atoms with Gasteiger partial charge < -0.3 is 20.3 Å². The highest BCUT2D eigenvalue weighted by molar-refractivity contribution is 5.89. The molecule has 0 aliphatic rings. The molecule has 3 atom stereocenters. The Morgan fingerprint density at radius 1 is 1.14 bits per heavy atom. The summed E-state index contributed by atoms with van der Waals surface area (Å²) in [5.74, 6) is -0.284. The Labute approximate surface area is 172 Å².